The first-order valence-electron chi connectivity index (χ1n) is 8.97. The Bertz CT molecular complexity index is 1140. The molecule has 27 heavy (non-hydrogen) atoms. The van der Waals surface area contributed by atoms with Crippen LogP contribution in [0.1, 0.15) is 34.3 Å². The lowest BCUT2D eigenvalue weighted by atomic mass is 9.96. The van der Waals surface area contributed by atoms with Gasteiger partial charge in [0.1, 0.15) is 11.6 Å². The van der Waals surface area contributed by atoms with E-state index in [-0.39, 0.29) is 11.7 Å². The van der Waals surface area contributed by atoms with Crippen LogP contribution in [0.25, 0.3) is 15.7 Å². The SMILES string of the molecule is O=C(c1cc2cc(F)ccc2s1)N1CCC(c2nnc3ccccn23)CC1. The summed E-state index contributed by atoms with van der Waals surface area (Å²) in [6.07, 6.45) is 3.71. The van der Waals surface area contributed by atoms with Crippen molar-refractivity contribution >= 4 is 33.0 Å². The number of hydrogen-bond donors (Lipinski definition) is 0. The summed E-state index contributed by atoms with van der Waals surface area (Å²) in [6, 6.07) is 12.3. The second-order valence-corrected chi connectivity index (χ2v) is 7.93. The van der Waals surface area contributed by atoms with Crippen molar-refractivity contribution in [3.8, 4) is 0 Å². The quantitative estimate of drug-likeness (QED) is 0.526. The molecule has 1 aliphatic heterocycles. The Morgan fingerprint density at radius 3 is 2.81 bits per heavy atom. The molecule has 136 valence electrons. The molecule has 0 unspecified atom stereocenters. The third-order valence-corrected chi connectivity index (χ3v) is 6.28. The van der Waals surface area contributed by atoms with Gasteiger partial charge in [0.15, 0.2) is 5.65 Å². The molecule has 5 rings (SSSR count). The summed E-state index contributed by atoms with van der Waals surface area (Å²) in [5.41, 5.74) is 0.850. The van der Waals surface area contributed by atoms with E-state index in [1.165, 1.54) is 23.5 Å². The zero-order chi connectivity index (χ0) is 18.4. The minimum absolute atomic E-state index is 0.0289. The van der Waals surface area contributed by atoms with Gasteiger partial charge in [-0.05, 0) is 54.6 Å². The van der Waals surface area contributed by atoms with Crippen LogP contribution >= 0.6 is 11.3 Å². The highest BCUT2D eigenvalue weighted by molar-refractivity contribution is 7.20. The van der Waals surface area contributed by atoms with Gasteiger partial charge in [-0.25, -0.2) is 4.39 Å². The highest BCUT2D eigenvalue weighted by Crippen LogP contribution is 2.31. The second kappa shape index (κ2) is 6.42. The number of thiophene rings is 1. The van der Waals surface area contributed by atoms with Crippen molar-refractivity contribution in [1.29, 1.82) is 0 Å². The number of rotatable bonds is 2. The Morgan fingerprint density at radius 1 is 1.11 bits per heavy atom. The molecular weight excluding hydrogens is 363 g/mol. The number of amides is 1. The Labute approximate surface area is 159 Å². The fraction of sp³-hybridized carbons (Fsp3) is 0.250. The zero-order valence-electron chi connectivity index (χ0n) is 14.5. The monoisotopic (exact) mass is 380 g/mol. The molecule has 7 heteroatoms. The van der Waals surface area contributed by atoms with Gasteiger partial charge in [0.25, 0.3) is 5.91 Å². The molecule has 1 fully saturated rings. The van der Waals surface area contributed by atoms with Gasteiger partial charge in [-0.1, -0.05) is 6.07 Å². The number of halogens is 1. The largest absolute Gasteiger partial charge is 0.338 e. The van der Waals surface area contributed by atoms with Gasteiger partial charge in [0.05, 0.1) is 4.88 Å². The first kappa shape index (κ1) is 16.4. The number of hydrogen-bond acceptors (Lipinski definition) is 4. The minimum Gasteiger partial charge on any atom is -0.338 e. The van der Waals surface area contributed by atoms with E-state index in [1.54, 1.807) is 12.1 Å². The van der Waals surface area contributed by atoms with E-state index in [9.17, 15) is 9.18 Å². The van der Waals surface area contributed by atoms with Crippen LogP contribution in [-0.4, -0.2) is 38.5 Å². The van der Waals surface area contributed by atoms with E-state index >= 15 is 0 Å². The number of likely N-dealkylation sites (tertiary alicyclic amines) is 1. The van der Waals surface area contributed by atoms with Crippen molar-refractivity contribution in [3.05, 3.63) is 65.2 Å². The van der Waals surface area contributed by atoms with Crippen LogP contribution in [0.4, 0.5) is 4.39 Å². The molecule has 1 aliphatic rings. The van der Waals surface area contributed by atoms with Gasteiger partial charge in [0.2, 0.25) is 0 Å². The van der Waals surface area contributed by atoms with E-state index in [2.05, 4.69) is 10.2 Å². The van der Waals surface area contributed by atoms with Crippen LogP contribution < -0.4 is 0 Å². The third-order valence-electron chi connectivity index (χ3n) is 5.18. The van der Waals surface area contributed by atoms with Gasteiger partial charge >= 0.3 is 0 Å². The number of carbonyl (C=O) groups is 1. The summed E-state index contributed by atoms with van der Waals surface area (Å²) in [4.78, 5) is 15.4. The zero-order valence-corrected chi connectivity index (χ0v) is 15.3. The highest BCUT2D eigenvalue weighted by atomic mass is 32.1. The standard InChI is InChI=1S/C20H17FN4OS/c21-15-4-5-16-14(11-15)12-17(27-16)20(26)24-9-6-13(7-10-24)19-23-22-18-3-1-2-8-25(18)19/h1-5,8,11-13H,6-7,9-10H2. The summed E-state index contributed by atoms with van der Waals surface area (Å²) < 4.78 is 16.4. The van der Waals surface area contributed by atoms with Crippen molar-refractivity contribution in [2.75, 3.05) is 13.1 Å². The van der Waals surface area contributed by atoms with E-state index in [1.807, 2.05) is 33.7 Å². The predicted octanol–water partition coefficient (Wildman–Crippen LogP) is 4.10. The van der Waals surface area contributed by atoms with Crippen molar-refractivity contribution in [2.24, 2.45) is 0 Å². The molecule has 3 aromatic heterocycles. The number of pyridine rings is 1. The molecule has 1 amide bonds. The number of carbonyl (C=O) groups excluding carboxylic acids is 1. The van der Waals surface area contributed by atoms with Crippen molar-refractivity contribution in [1.82, 2.24) is 19.5 Å². The average molecular weight is 380 g/mol. The van der Waals surface area contributed by atoms with Crippen molar-refractivity contribution in [3.63, 3.8) is 0 Å². The summed E-state index contributed by atoms with van der Waals surface area (Å²) in [5, 5.41) is 9.38. The van der Waals surface area contributed by atoms with Crippen LogP contribution in [-0.2, 0) is 0 Å². The predicted molar refractivity (Wildman–Crippen MR) is 103 cm³/mol. The minimum atomic E-state index is -0.277. The van der Waals surface area contributed by atoms with E-state index in [4.69, 9.17) is 0 Å². The summed E-state index contributed by atoms with van der Waals surface area (Å²) in [5.74, 6) is 1.01. The normalized spacial score (nSPS) is 15.7. The Balaban J connectivity index is 1.32. The number of aromatic nitrogens is 3. The molecule has 0 radical (unpaired) electrons. The molecule has 0 N–H and O–H groups in total. The van der Waals surface area contributed by atoms with Crippen LogP contribution in [0.15, 0.2) is 48.7 Å². The van der Waals surface area contributed by atoms with E-state index in [0.29, 0.717) is 23.9 Å². The van der Waals surface area contributed by atoms with Crippen LogP contribution in [0.5, 0.6) is 0 Å². The smallest absolute Gasteiger partial charge is 0.263 e. The molecule has 0 atom stereocenters. The van der Waals surface area contributed by atoms with Gasteiger partial charge in [-0.2, -0.15) is 0 Å². The third kappa shape index (κ3) is 2.88. The first-order chi connectivity index (χ1) is 13.2. The summed E-state index contributed by atoms with van der Waals surface area (Å²) in [7, 11) is 0. The molecule has 5 nitrogen and oxygen atoms in total. The Kier molecular flexibility index (Phi) is 3.89. The van der Waals surface area contributed by atoms with Gasteiger partial charge in [-0.15, -0.1) is 21.5 Å². The van der Waals surface area contributed by atoms with Gasteiger partial charge in [-0.3, -0.25) is 9.20 Å². The van der Waals surface area contributed by atoms with E-state index < -0.39 is 0 Å². The molecule has 4 aromatic rings. The summed E-state index contributed by atoms with van der Waals surface area (Å²) in [6.45, 7) is 1.38. The highest BCUT2D eigenvalue weighted by Gasteiger charge is 2.28. The van der Waals surface area contributed by atoms with Crippen molar-refractivity contribution in [2.45, 2.75) is 18.8 Å². The van der Waals surface area contributed by atoms with Crippen LogP contribution in [0, 0.1) is 5.82 Å². The van der Waals surface area contributed by atoms with Crippen LogP contribution in [0.2, 0.25) is 0 Å². The second-order valence-electron chi connectivity index (χ2n) is 6.85. The van der Waals surface area contributed by atoms with Crippen LogP contribution in [0.3, 0.4) is 0 Å². The maximum absolute atomic E-state index is 13.4. The first-order valence-corrected chi connectivity index (χ1v) is 9.79. The maximum atomic E-state index is 13.4. The topological polar surface area (TPSA) is 50.5 Å². The molecule has 4 heterocycles. The Morgan fingerprint density at radius 2 is 1.96 bits per heavy atom. The lowest BCUT2D eigenvalue weighted by Crippen LogP contribution is -2.37. The molecule has 0 saturated carbocycles. The molecular formula is C20H17FN4OS. The average Bonchev–Trinajstić information content (AvgIpc) is 3.31. The molecule has 0 aliphatic carbocycles. The fourth-order valence-electron chi connectivity index (χ4n) is 3.75. The molecule has 0 spiro atoms. The number of nitrogens with zero attached hydrogens (tertiary/aromatic N) is 4. The Hall–Kier alpha value is -2.80. The molecule has 0 bridgehead atoms. The number of benzene rings is 1. The maximum Gasteiger partial charge on any atom is 0.263 e. The van der Waals surface area contributed by atoms with Crippen molar-refractivity contribution < 1.29 is 9.18 Å². The van der Waals surface area contributed by atoms with E-state index in [0.717, 1.165) is 34.4 Å². The lowest BCUT2D eigenvalue weighted by molar-refractivity contribution is 0.0716. The van der Waals surface area contributed by atoms with Gasteiger partial charge in [0, 0.05) is 29.9 Å². The molecule has 1 saturated heterocycles. The van der Waals surface area contributed by atoms with Gasteiger partial charge < -0.3 is 4.90 Å². The number of fused-ring (bicyclic) bond motifs is 2. The summed E-state index contributed by atoms with van der Waals surface area (Å²) >= 11 is 1.42. The lowest BCUT2D eigenvalue weighted by Gasteiger charge is -2.31. The fourth-order valence-corrected chi connectivity index (χ4v) is 4.77. The molecule has 1 aromatic carbocycles. The number of piperidine rings is 1.